The van der Waals surface area contributed by atoms with Crippen molar-refractivity contribution in [2.24, 2.45) is 16.2 Å². The number of sulfonamides is 1. The summed E-state index contributed by atoms with van der Waals surface area (Å²) in [6.45, 7) is -0.748. The maximum atomic E-state index is 14.1. The van der Waals surface area contributed by atoms with E-state index in [2.05, 4.69) is 9.71 Å². The number of aliphatic hydroxyl groups excluding tert-OH is 1. The van der Waals surface area contributed by atoms with Crippen molar-refractivity contribution in [3.05, 3.63) is 17.9 Å². The van der Waals surface area contributed by atoms with Crippen LogP contribution in [0, 0.1) is 17.7 Å². The van der Waals surface area contributed by atoms with E-state index in [4.69, 9.17) is 0 Å². The highest BCUT2D eigenvalue weighted by Gasteiger charge is 2.52. The topological polar surface area (TPSA) is 82.0 Å². The Morgan fingerprint density at radius 3 is 2.56 bits per heavy atom. The molecule has 1 aromatic carbocycles. The number of rotatable bonds is 3. The van der Waals surface area contributed by atoms with Gasteiger partial charge in [0, 0.05) is 25.0 Å². The lowest BCUT2D eigenvalue weighted by Gasteiger charge is -2.33. The van der Waals surface area contributed by atoms with Gasteiger partial charge in [-0.1, -0.05) is 0 Å². The van der Waals surface area contributed by atoms with E-state index in [-0.39, 0.29) is 36.1 Å². The first-order chi connectivity index (χ1) is 12.6. The molecule has 6 nitrogen and oxygen atoms in total. The maximum Gasteiger partial charge on any atom is 0.409 e. The molecular weight excluding hydrogens is 390 g/mol. The fourth-order valence-corrected chi connectivity index (χ4v) is 4.98. The molecule has 0 aromatic heterocycles. The van der Waals surface area contributed by atoms with E-state index in [0.29, 0.717) is 0 Å². The van der Waals surface area contributed by atoms with Crippen LogP contribution in [0.25, 0.3) is 0 Å². The zero-order valence-corrected chi connectivity index (χ0v) is 14.8. The summed E-state index contributed by atoms with van der Waals surface area (Å²) in [6.07, 6.45) is -3.14. The number of anilines is 2. The molecule has 2 fully saturated rings. The molecule has 2 atom stereocenters. The van der Waals surface area contributed by atoms with Crippen LogP contribution < -0.4 is 10.2 Å². The summed E-state index contributed by atoms with van der Waals surface area (Å²) in [7, 11) is -4.21. The van der Waals surface area contributed by atoms with Crippen LogP contribution in [0.2, 0.25) is 0 Å². The van der Waals surface area contributed by atoms with Gasteiger partial charge in [-0.2, -0.15) is 21.6 Å². The van der Waals surface area contributed by atoms with E-state index in [9.17, 15) is 31.1 Å². The monoisotopic (exact) mass is 407 g/mol. The molecule has 2 heterocycles. The van der Waals surface area contributed by atoms with E-state index in [0.717, 1.165) is 29.9 Å². The zero-order valence-electron chi connectivity index (χ0n) is 14.0. The molecular formula is C16H17F4N3O3S. The van der Waals surface area contributed by atoms with Gasteiger partial charge < -0.3 is 15.3 Å². The fraction of sp³-hybridized carbons (Fsp3) is 0.562. The first-order valence-electron chi connectivity index (χ1n) is 8.51. The standard InChI is InChI=1S/C16H17F4N3O3S/c17-10-5-11(23-4-3-9(7-24)14(23)16(18,19)20)13-12(6-10)27(25,26)22-15(21-13)8-1-2-8/h5-6,8-9,14,24H,1-4,7H2,(H,21,22)/t9-,14-/m1/s1. The van der Waals surface area contributed by atoms with Gasteiger partial charge in [0.25, 0.3) is 10.0 Å². The van der Waals surface area contributed by atoms with Crippen LogP contribution in [0.15, 0.2) is 21.4 Å². The molecule has 2 aliphatic heterocycles. The molecule has 148 valence electrons. The molecule has 0 unspecified atom stereocenters. The quantitative estimate of drug-likeness (QED) is 0.753. The van der Waals surface area contributed by atoms with Crippen molar-refractivity contribution < 1.29 is 31.1 Å². The van der Waals surface area contributed by atoms with Crippen LogP contribution in [0.3, 0.4) is 0 Å². The molecule has 11 heteroatoms. The van der Waals surface area contributed by atoms with Crippen LogP contribution in [-0.2, 0) is 10.0 Å². The Kier molecular flexibility index (Phi) is 4.15. The Hall–Kier alpha value is -1.88. The summed E-state index contributed by atoms with van der Waals surface area (Å²) >= 11 is 0. The summed E-state index contributed by atoms with van der Waals surface area (Å²) < 4.78 is 83.6. The molecule has 27 heavy (non-hydrogen) atoms. The van der Waals surface area contributed by atoms with Crippen molar-refractivity contribution in [2.45, 2.75) is 36.4 Å². The van der Waals surface area contributed by atoms with Crippen molar-refractivity contribution in [1.82, 2.24) is 0 Å². The van der Waals surface area contributed by atoms with Gasteiger partial charge in [0.05, 0.1) is 11.4 Å². The highest BCUT2D eigenvalue weighted by Crippen LogP contribution is 2.46. The molecule has 0 spiro atoms. The van der Waals surface area contributed by atoms with Gasteiger partial charge in [-0.3, -0.25) is 0 Å². The van der Waals surface area contributed by atoms with E-state index in [1.54, 1.807) is 0 Å². The van der Waals surface area contributed by atoms with Gasteiger partial charge in [0.2, 0.25) is 0 Å². The number of alkyl halides is 3. The van der Waals surface area contributed by atoms with Crippen LogP contribution in [0.1, 0.15) is 19.3 Å². The minimum Gasteiger partial charge on any atom is -0.396 e. The van der Waals surface area contributed by atoms with E-state index in [1.807, 2.05) is 0 Å². The first kappa shape index (κ1) is 18.5. The zero-order chi connectivity index (χ0) is 19.6. The Morgan fingerprint density at radius 1 is 1.26 bits per heavy atom. The van der Waals surface area contributed by atoms with Crippen LogP contribution in [0.5, 0.6) is 0 Å². The van der Waals surface area contributed by atoms with Gasteiger partial charge in [-0.05, 0) is 31.4 Å². The average Bonchev–Trinajstić information content (AvgIpc) is 3.31. The second-order valence-electron chi connectivity index (χ2n) is 7.06. The predicted molar refractivity (Wildman–Crippen MR) is 89.7 cm³/mol. The number of benzene rings is 1. The predicted octanol–water partition coefficient (Wildman–Crippen LogP) is 2.50. The third kappa shape index (κ3) is 3.16. The summed E-state index contributed by atoms with van der Waals surface area (Å²) in [4.78, 5) is 0.455. The Morgan fingerprint density at radius 2 is 1.96 bits per heavy atom. The summed E-state index contributed by atoms with van der Waals surface area (Å²) in [5.74, 6) is -1.95. The summed E-state index contributed by atoms with van der Waals surface area (Å²) in [6, 6.07) is -0.368. The number of aliphatic hydroxyl groups is 1. The molecule has 1 saturated carbocycles. The van der Waals surface area contributed by atoms with Crippen LogP contribution >= 0.6 is 0 Å². The lowest BCUT2D eigenvalue weighted by molar-refractivity contribution is -0.157. The number of nitrogens with one attached hydrogen (secondary N) is 1. The molecule has 3 aliphatic rings. The molecule has 1 aliphatic carbocycles. The second-order valence-corrected chi connectivity index (χ2v) is 8.63. The number of halogens is 4. The lowest BCUT2D eigenvalue weighted by Crippen LogP contribution is -2.46. The third-order valence-electron chi connectivity index (χ3n) is 5.16. The lowest BCUT2D eigenvalue weighted by atomic mass is 10.0. The van der Waals surface area contributed by atoms with Crippen LogP contribution in [-0.4, -0.2) is 44.7 Å². The highest BCUT2D eigenvalue weighted by molar-refractivity contribution is 7.90. The van der Waals surface area contributed by atoms with Gasteiger partial charge in [-0.15, -0.1) is 4.40 Å². The molecule has 2 N–H and O–H groups in total. The summed E-state index contributed by atoms with van der Waals surface area (Å²) in [5.41, 5.74) is -0.263. The SMILES string of the molecule is O=S1(=O)N=C(C2CC2)Nc2c(N3CC[C@H](CO)[C@@H]3C(F)(F)F)cc(F)cc21. The molecule has 1 aromatic rings. The molecule has 0 radical (unpaired) electrons. The number of hydrogen-bond acceptors (Lipinski definition) is 5. The van der Waals surface area contributed by atoms with Crippen molar-refractivity contribution in [1.29, 1.82) is 0 Å². The number of amidine groups is 1. The molecule has 0 bridgehead atoms. The second kappa shape index (κ2) is 6.06. The van der Waals surface area contributed by atoms with E-state index >= 15 is 0 Å². The van der Waals surface area contributed by atoms with Gasteiger partial charge in [-0.25, -0.2) is 4.39 Å². The third-order valence-corrected chi connectivity index (χ3v) is 6.48. The summed E-state index contributed by atoms with van der Waals surface area (Å²) in [5, 5.41) is 12.2. The van der Waals surface area contributed by atoms with E-state index < -0.39 is 45.5 Å². The Bertz CT molecular complexity index is 912. The van der Waals surface area contributed by atoms with Crippen molar-refractivity contribution in [3.8, 4) is 0 Å². The van der Waals surface area contributed by atoms with Gasteiger partial charge in [0.1, 0.15) is 22.6 Å². The minimum absolute atomic E-state index is 0.0578. The highest BCUT2D eigenvalue weighted by atomic mass is 32.2. The number of nitrogens with zero attached hydrogens (tertiary/aromatic N) is 2. The Balaban J connectivity index is 1.85. The van der Waals surface area contributed by atoms with Gasteiger partial charge >= 0.3 is 6.18 Å². The smallest absolute Gasteiger partial charge is 0.396 e. The maximum absolute atomic E-state index is 14.1. The van der Waals surface area contributed by atoms with Crippen LogP contribution in [0.4, 0.5) is 28.9 Å². The largest absolute Gasteiger partial charge is 0.409 e. The van der Waals surface area contributed by atoms with E-state index in [1.165, 1.54) is 0 Å². The first-order valence-corrected chi connectivity index (χ1v) is 9.95. The number of fused-ring (bicyclic) bond motifs is 1. The number of hydrogen-bond donors (Lipinski definition) is 2. The Labute approximate surface area is 152 Å². The average molecular weight is 407 g/mol. The van der Waals surface area contributed by atoms with Crippen molar-refractivity contribution >= 4 is 27.2 Å². The normalized spacial score (nSPS) is 27.1. The minimum atomic E-state index is -4.66. The van der Waals surface area contributed by atoms with Crippen molar-refractivity contribution in [2.75, 3.05) is 23.4 Å². The van der Waals surface area contributed by atoms with Crippen molar-refractivity contribution in [3.63, 3.8) is 0 Å². The molecule has 4 rings (SSSR count). The molecule has 1 saturated heterocycles. The van der Waals surface area contributed by atoms with Gasteiger partial charge in [0.15, 0.2) is 0 Å². The fourth-order valence-electron chi connectivity index (χ4n) is 3.75. The molecule has 0 amide bonds.